The summed E-state index contributed by atoms with van der Waals surface area (Å²) in [5, 5.41) is 18.2. The van der Waals surface area contributed by atoms with Gasteiger partial charge in [0.25, 0.3) is 11.8 Å². The molecule has 0 spiro atoms. The molecule has 2 aliphatic heterocycles. The summed E-state index contributed by atoms with van der Waals surface area (Å²) in [7, 11) is 0. The summed E-state index contributed by atoms with van der Waals surface area (Å²) in [6, 6.07) is 12.6. The van der Waals surface area contributed by atoms with Crippen molar-refractivity contribution < 1.29 is 29.4 Å². The minimum atomic E-state index is -1.11. The number of carbonyl (C=O) groups excluding carboxylic acids is 2. The van der Waals surface area contributed by atoms with E-state index in [9.17, 15) is 14.4 Å². The molecule has 0 saturated heterocycles. The van der Waals surface area contributed by atoms with E-state index in [4.69, 9.17) is 15.1 Å². The van der Waals surface area contributed by atoms with E-state index in [1.165, 1.54) is 63.5 Å². The Hall–Kier alpha value is -3.35. The monoisotopic (exact) mass is 483 g/mol. The second-order valence-electron chi connectivity index (χ2n) is 8.72. The Kier molecular flexibility index (Phi) is 12.4. The predicted molar refractivity (Wildman–Crippen MR) is 134 cm³/mol. The van der Waals surface area contributed by atoms with Crippen LogP contribution in [0.25, 0.3) is 0 Å². The maximum absolute atomic E-state index is 12.2. The molecule has 0 atom stereocenters. The highest BCUT2D eigenvalue weighted by atomic mass is 16.7. The Morgan fingerprint density at radius 1 is 0.800 bits per heavy atom. The third-order valence-corrected chi connectivity index (χ3v) is 5.84. The maximum Gasteiger partial charge on any atom is 0.339 e. The van der Waals surface area contributed by atoms with Crippen molar-refractivity contribution in [3.63, 3.8) is 0 Å². The van der Waals surface area contributed by atoms with Crippen LogP contribution in [0.2, 0.25) is 0 Å². The second kappa shape index (κ2) is 15.5. The lowest BCUT2D eigenvalue weighted by molar-refractivity contribution is -0.148. The van der Waals surface area contributed by atoms with Crippen LogP contribution in [0.5, 0.6) is 11.5 Å². The normalized spacial score (nSPS) is 11.9. The number of phenols is 1. The molecule has 35 heavy (non-hydrogen) atoms. The van der Waals surface area contributed by atoms with Crippen molar-refractivity contribution in [3.8, 4) is 11.5 Å². The second-order valence-corrected chi connectivity index (χ2v) is 8.72. The number of aromatic hydroxyl groups is 1. The van der Waals surface area contributed by atoms with Crippen molar-refractivity contribution in [2.45, 2.75) is 84.0 Å². The first-order valence-corrected chi connectivity index (χ1v) is 12.6. The van der Waals surface area contributed by atoms with Gasteiger partial charge in [-0.05, 0) is 42.8 Å². The quantitative estimate of drug-likeness (QED) is 0.305. The lowest BCUT2D eigenvalue weighted by Crippen LogP contribution is -2.38. The van der Waals surface area contributed by atoms with Crippen molar-refractivity contribution >= 4 is 17.8 Å². The molecule has 2 heterocycles. The summed E-state index contributed by atoms with van der Waals surface area (Å²) < 4.78 is 0. The molecule has 190 valence electrons. The fourth-order valence-corrected chi connectivity index (χ4v) is 3.78. The van der Waals surface area contributed by atoms with Gasteiger partial charge in [0.1, 0.15) is 11.3 Å². The van der Waals surface area contributed by atoms with Gasteiger partial charge in [0, 0.05) is 12.0 Å². The number of hydroxylamine groups is 2. The first-order chi connectivity index (χ1) is 16.9. The number of benzene rings is 2. The number of amides is 2. The topological polar surface area (TPSA) is 104 Å². The van der Waals surface area contributed by atoms with Crippen LogP contribution >= 0.6 is 0 Å². The Labute approximate surface area is 207 Å². The van der Waals surface area contributed by atoms with Crippen LogP contribution in [-0.4, -0.2) is 33.1 Å². The molecular weight excluding hydrogens is 446 g/mol. The van der Waals surface area contributed by atoms with Crippen LogP contribution in [0, 0.1) is 0 Å². The van der Waals surface area contributed by atoms with E-state index in [2.05, 4.69) is 6.92 Å². The molecule has 0 unspecified atom stereocenters. The van der Waals surface area contributed by atoms with Crippen LogP contribution in [0.1, 0.15) is 105 Å². The fourth-order valence-electron chi connectivity index (χ4n) is 3.78. The zero-order valence-electron chi connectivity index (χ0n) is 20.6. The predicted octanol–water partition coefficient (Wildman–Crippen LogP) is 6.75. The molecule has 2 aliphatic rings. The first-order valence-electron chi connectivity index (χ1n) is 12.6. The molecule has 7 nitrogen and oxygen atoms in total. The van der Waals surface area contributed by atoms with Crippen molar-refractivity contribution in [1.82, 2.24) is 5.06 Å². The van der Waals surface area contributed by atoms with Crippen LogP contribution in [-0.2, 0) is 4.79 Å². The van der Waals surface area contributed by atoms with Crippen LogP contribution < -0.4 is 4.84 Å². The molecule has 2 aromatic carbocycles. The van der Waals surface area contributed by atoms with Crippen LogP contribution in [0.4, 0.5) is 0 Å². The summed E-state index contributed by atoms with van der Waals surface area (Å²) in [5.74, 6) is -1.40. The standard InChI is InChI=1S/C21H31NO3.C7H6O3/c1-2-3-4-5-6-7-8-9-10-11-12-13-20(23)22-21(24)18-14-16-19(25-22)17-15-18;8-6-4-2-1-3-5(6)7(9)10/h14-17H,2-13H2,1H3;1-4,8H,(H,9,10). The number of rotatable bonds is 13. The number of imide groups is 1. The van der Waals surface area contributed by atoms with Gasteiger partial charge in [-0.15, -0.1) is 5.06 Å². The lowest BCUT2D eigenvalue weighted by atomic mass is 10.1. The van der Waals surface area contributed by atoms with Crippen molar-refractivity contribution in [2.75, 3.05) is 0 Å². The van der Waals surface area contributed by atoms with Gasteiger partial charge in [-0.2, -0.15) is 0 Å². The van der Waals surface area contributed by atoms with Crippen molar-refractivity contribution in [3.05, 3.63) is 59.7 Å². The molecule has 0 aliphatic carbocycles. The molecular formula is C28H37NO6. The van der Waals surface area contributed by atoms with Gasteiger partial charge < -0.3 is 15.1 Å². The van der Waals surface area contributed by atoms with E-state index in [-0.39, 0.29) is 23.1 Å². The molecule has 0 radical (unpaired) electrons. The van der Waals surface area contributed by atoms with Crippen molar-refractivity contribution in [1.29, 1.82) is 0 Å². The van der Waals surface area contributed by atoms with E-state index in [1.54, 1.807) is 36.4 Å². The number of hydrogen-bond acceptors (Lipinski definition) is 5. The molecule has 2 bridgehead atoms. The first kappa shape index (κ1) is 27.9. The van der Waals surface area contributed by atoms with Crippen LogP contribution in [0.15, 0.2) is 48.5 Å². The highest BCUT2D eigenvalue weighted by Crippen LogP contribution is 2.22. The van der Waals surface area contributed by atoms with Crippen molar-refractivity contribution in [2.24, 2.45) is 0 Å². The van der Waals surface area contributed by atoms with E-state index >= 15 is 0 Å². The number of aromatic carboxylic acids is 1. The Morgan fingerprint density at radius 2 is 1.34 bits per heavy atom. The Bertz CT molecular complexity index is 941. The Balaban J connectivity index is 0.000000360. The molecule has 0 saturated carbocycles. The number of nitrogens with zero attached hydrogens (tertiary/aromatic N) is 1. The van der Waals surface area contributed by atoms with Gasteiger partial charge in [-0.25, -0.2) is 4.79 Å². The molecule has 7 heteroatoms. The van der Waals surface area contributed by atoms with E-state index in [1.807, 2.05) is 0 Å². The van der Waals surface area contributed by atoms with Crippen LogP contribution in [0.3, 0.4) is 0 Å². The molecule has 2 amide bonds. The molecule has 0 aromatic heterocycles. The average Bonchev–Trinajstić information content (AvgIpc) is 3.11. The number of fused-ring (bicyclic) bond motifs is 4. The largest absolute Gasteiger partial charge is 0.507 e. The zero-order valence-corrected chi connectivity index (χ0v) is 20.6. The average molecular weight is 484 g/mol. The lowest BCUT2D eigenvalue weighted by Gasteiger charge is -2.17. The Morgan fingerprint density at radius 3 is 1.86 bits per heavy atom. The smallest absolute Gasteiger partial charge is 0.339 e. The molecule has 2 aromatic rings. The number of carbonyl (C=O) groups is 3. The number of carboxylic acids is 1. The minimum absolute atomic E-state index is 0.0671. The highest BCUT2D eigenvalue weighted by Gasteiger charge is 2.27. The number of hydrogen-bond donors (Lipinski definition) is 2. The molecule has 4 rings (SSSR count). The number of para-hydroxylation sites is 1. The third-order valence-electron chi connectivity index (χ3n) is 5.84. The van der Waals surface area contributed by atoms with Gasteiger partial charge in [0.2, 0.25) is 0 Å². The van der Waals surface area contributed by atoms with Gasteiger partial charge in [0.15, 0.2) is 5.75 Å². The fraction of sp³-hybridized carbons (Fsp3) is 0.464. The third kappa shape index (κ3) is 9.81. The zero-order chi connectivity index (χ0) is 25.5. The van der Waals surface area contributed by atoms with Gasteiger partial charge in [0.05, 0.1) is 0 Å². The summed E-state index contributed by atoms with van der Waals surface area (Å²) in [5.41, 5.74) is 0.427. The summed E-state index contributed by atoms with van der Waals surface area (Å²) in [4.78, 5) is 40.1. The summed E-state index contributed by atoms with van der Waals surface area (Å²) in [6.45, 7) is 2.25. The summed E-state index contributed by atoms with van der Waals surface area (Å²) in [6.07, 6.45) is 14.0. The van der Waals surface area contributed by atoms with Gasteiger partial charge >= 0.3 is 5.97 Å². The minimum Gasteiger partial charge on any atom is -0.507 e. The SMILES string of the molecule is CCCCCCCCCCCCCC(=O)N1Oc2ccc(cc2)C1=O.O=C(O)c1ccccc1O. The molecule has 0 fully saturated rings. The number of carboxylic acid groups (broad SMARTS) is 1. The van der Waals surface area contributed by atoms with E-state index in [0.717, 1.165) is 24.3 Å². The van der Waals surface area contributed by atoms with E-state index < -0.39 is 5.97 Å². The molecule has 2 N–H and O–H groups in total. The van der Waals surface area contributed by atoms with E-state index in [0.29, 0.717) is 17.7 Å². The van der Waals surface area contributed by atoms with Gasteiger partial charge in [-0.1, -0.05) is 83.3 Å². The number of unbranched alkanes of at least 4 members (excludes halogenated alkanes) is 10. The summed E-state index contributed by atoms with van der Waals surface area (Å²) >= 11 is 0. The maximum atomic E-state index is 12.2. The highest BCUT2D eigenvalue weighted by molar-refractivity contribution is 6.04. The van der Waals surface area contributed by atoms with Gasteiger partial charge in [-0.3, -0.25) is 9.59 Å².